The number of thioether (sulfide) groups is 1. The van der Waals surface area contributed by atoms with Gasteiger partial charge in [0.15, 0.2) is 11.0 Å². The Morgan fingerprint density at radius 1 is 1.19 bits per heavy atom. The molecule has 0 fully saturated rings. The first-order valence-corrected chi connectivity index (χ1v) is 10.4. The Hall–Kier alpha value is -2.52. The summed E-state index contributed by atoms with van der Waals surface area (Å²) >= 11 is 3.04. The molecule has 4 aromatic rings. The molecule has 27 heavy (non-hydrogen) atoms. The molecule has 0 bridgehead atoms. The van der Waals surface area contributed by atoms with Crippen molar-refractivity contribution < 1.29 is 0 Å². The van der Waals surface area contributed by atoms with Gasteiger partial charge in [-0.2, -0.15) is 4.68 Å². The monoisotopic (exact) mass is 398 g/mol. The average Bonchev–Trinajstić information content (AvgIpc) is 3.25. The number of tetrazole rings is 1. The Balaban J connectivity index is 1.69. The fourth-order valence-corrected chi connectivity index (χ4v) is 4.93. The Morgan fingerprint density at radius 2 is 1.96 bits per heavy atom. The first-order chi connectivity index (χ1) is 13.1. The molecule has 1 aromatic carbocycles. The van der Waals surface area contributed by atoms with Gasteiger partial charge in [0, 0.05) is 11.4 Å². The summed E-state index contributed by atoms with van der Waals surface area (Å²) < 4.78 is 3.43. The van der Waals surface area contributed by atoms with E-state index in [1.807, 2.05) is 51.1 Å². The van der Waals surface area contributed by atoms with E-state index in [0.717, 1.165) is 26.3 Å². The lowest BCUT2D eigenvalue weighted by atomic mass is 10.2. The van der Waals surface area contributed by atoms with E-state index < -0.39 is 0 Å². The molecule has 0 spiro atoms. The van der Waals surface area contributed by atoms with E-state index >= 15 is 0 Å². The quantitative estimate of drug-likeness (QED) is 0.379. The largest absolute Gasteiger partial charge is 0.287 e. The number of nitrogens with zero attached hydrogens (tertiary/aromatic N) is 6. The molecule has 3 heterocycles. The normalized spacial score (nSPS) is 11.4. The third-order valence-electron chi connectivity index (χ3n) is 4.44. The molecule has 0 atom stereocenters. The summed E-state index contributed by atoms with van der Waals surface area (Å²) in [4.78, 5) is 19.6. The highest BCUT2D eigenvalue weighted by atomic mass is 32.2. The van der Waals surface area contributed by atoms with Gasteiger partial charge in [-0.1, -0.05) is 30.0 Å². The second kappa shape index (κ2) is 7.24. The predicted octanol–water partition coefficient (Wildman–Crippen LogP) is 3.36. The van der Waals surface area contributed by atoms with Crippen molar-refractivity contribution in [3.63, 3.8) is 0 Å². The minimum atomic E-state index is 0.0227. The van der Waals surface area contributed by atoms with Crippen LogP contribution in [0.3, 0.4) is 0 Å². The van der Waals surface area contributed by atoms with Gasteiger partial charge in [-0.15, -0.1) is 16.4 Å². The van der Waals surface area contributed by atoms with Gasteiger partial charge in [0.25, 0.3) is 5.56 Å². The molecular formula is C18H18N6OS2. The van der Waals surface area contributed by atoms with Crippen LogP contribution in [0.25, 0.3) is 15.9 Å². The van der Waals surface area contributed by atoms with Crippen LogP contribution in [0.2, 0.25) is 0 Å². The molecular weight excluding hydrogens is 380 g/mol. The molecule has 3 aromatic heterocycles. The molecule has 9 heteroatoms. The third kappa shape index (κ3) is 3.17. The second-order valence-electron chi connectivity index (χ2n) is 6.04. The van der Waals surface area contributed by atoms with Crippen LogP contribution >= 0.6 is 23.1 Å². The van der Waals surface area contributed by atoms with E-state index in [4.69, 9.17) is 4.98 Å². The van der Waals surface area contributed by atoms with Gasteiger partial charge < -0.3 is 0 Å². The summed E-state index contributed by atoms with van der Waals surface area (Å²) in [5.41, 5.74) is 1.95. The van der Waals surface area contributed by atoms with E-state index in [1.165, 1.54) is 11.8 Å². The third-order valence-corrected chi connectivity index (χ3v) is 6.51. The molecule has 0 saturated carbocycles. The maximum Gasteiger partial charge on any atom is 0.263 e. The van der Waals surface area contributed by atoms with Gasteiger partial charge in [-0.3, -0.25) is 9.36 Å². The zero-order chi connectivity index (χ0) is 19.0. The van der Waals surface area contributed by atoms with Crippen LogP contribution in [-0.2, 0) is 12.3 Å². The van der Waals surface area contributed by atoms with Gasteiger partial charge in [-0.25, -0.2) is 4.98 Å². The SMILES string of the molecule is CCn1c(SCc2nnnn2-c2ccccc2)nc2sc(C)c(C)c2c1=O. The van der Waals surface area contributed by atoms with Crippen LogP contribution in [0.1, 0.15) is 23.2 Å². The number of rotatable bonds is 5. The maximum atomic E-state index is 12.9. The molecule has 0 unspecified atom stereocenters. The van der Waals surface area contributed by atoms with Crippen molar-refractivity contribution in [1.29, 1.82) is 0 Å². The molecule has 0 N–H and O–H groups in total. The van der Waals surface area contributed by atoms with Gasteiger partial charge in [-0.05, 0) is 48.9 Å². The van der Waals surface area contributed by atoms with Gasteiger partial charge in [0.2, 0.25) is 0 Å². The van der Waals surface area contributed by atoms with Crippen LogP contribution in [0.5, 0.6) is 0 Å². The Kier molecular flexibility index (Phi) is 4.79. The smallest absolute Gasteiger partial charge is 0.263 e. The number of hydrogen-bond donors (Lipinski definition) is 0. The first kappa shape index (κ1) is 17.9. The van der Waals surface area contributed by atoms with Crippen molar-refractivity contribution in [2.24, 2.45) is 0 Å². The summed E-state index contributed by atoms with van der Waals surface area (Å²) in [5, 5.41) is 13.4. The number of thiophene rings is 1. The highest BCUT2D eigenvalue weighted by molar-refractivity contribution is 7.98. The number of para-hydroxylation sites is 1. The molecule has 4 rings (SSSR count). The Bertz CT molecular complexity index is 1160. The van der Waals surface area contributed by atoms with Crippen LogP contribution < -0.4 is 5.56 Å². The van der Waals surface area contributed by atoms with E-state index in [0.29, 0.717) is 23.3 Å². The zero-order valence-corrected chi connectivity index (χ0v) is 16.8. The molecule has 0 amide bonds. The lowest BCUT2D eigenvalue weighted by Gasteiger charge is -2.10. The van der Waals surface area contributed by atoms with Gasteiger partial charge >= 0.3 is 0 Å². The minimum absolute atomic E-state index is 0.0227. The molecule has 0 aliphatic heterocycles. The average molecular weight is 399 g/mol. The summed E-state index contributed by atoms with van der Waals surface area (Å²) in [7, 11) is 0. The van der Waals surface area contributed by atoms with Crippen molar-refractivity contribution in [3.05, 3.63) is 57.0 Å². The summed E-state index contributed by atoms with van der Waals surface area (Å²) in [6.45, 7) is 6.54. The van der Waals surface area contributed by atoms with Crippen LogP contribution in [0.4, 0.5) is 0 Å². The Morgan fingerprint density at radius 3 is 2.70 bits per heavy atom. The van der Waals surface area contributed by atoms with Gasteiger partial charge in [0.05, 0.1) is 16.8 Å². The number of benzene rings is 1. The summed E-state index contributed by atoms with van der Waals surface area (Å²) in [6.07, 6.45) is 0. The highest BCUT2D eigenvalue weighted by Gasteiger charge is 2.17. The van der Waals surface area contributed by atoms with Crippen LogP contribution in [-0.4, -0.2) is 29.8 Å². The maximum absolute atomic E-state index is 12.9. The lowest BCUT2D eigenvalue weighted by molar-refractivity contribution is 0.635. The van der Waals surface area contributed by atoms with E-state index in [-0.39, 0.29) is 5.56 Å². The van der Waals surface area contributed by atoms with E-state index in [2.05, 4.69) is 15.5 Å². The summed E-state index contributed by atoms with van der Waals surface area (Å²) in [5.74, 6) is 1.23. The van der Waals surface area contributed by atoms with Crippen molar-refractivity contribution >= 4 is 33.3 Å². The zero-order valence-electron chi connectivity index (χ0n) is 15.2. The van der Waals surface area contributed by atoms with Crippen molar-refractivity contribution in [1.82, 2.24) is 29.8 Å². The van der Waals surface area contributed by atoms with Crippen molar-refractivity contribution in [2.75, 3.05) is 0 Å². The lowest BCUT2D eigenvalue weighted by Crippen LogP contribution is -2.22. The van der Waals surface area contributed by atoms with Crippen molar-refractivity contribution in [3.8, 4) is 5.69 Å². The Labute approximate surface area is 164 Å². The van der Waals surface area contributed by atoms with Crippen LogP contribution in [0.15, 0.2) is 40.3 Å². The fourth-order valence-electron chi connectivity index (χ4n) is 2.89. The predicted molar refractivity (Wildman–Crippen MR) is 108 cm³/mol. The van der Waals surface area contributed by atoms with E-state index in [9.17, 15) is 4.79 Å². The second-order valence-corrected chi connectivity index (χ2v) is 8.18. The molecule has 7 nitrogen and oxygen atoms in total. The standard InChI is InChI=1S/C18H18N6OS2/c1-4-23-17(25)15-11(2)12(3)27-16(15)19-18(23)26-10-14-20-21-22-24(14)13-8-6-5-7-9-13/h5-9H,4,10H2,1-3H3. The number of aryl methyl sites for hydroxylation is 2. The topological polar surface area (TPSA) is 78.5 Å². The minimum Gasteiger partial charge on any atom is -0.287 e. The van der Waals surface area contributed by atoms with E-state index in [1.54, 1.807) is 20.6 Å². The summed E-state index contributed by atoms with van der Waals surface area (Å²) in [6, 6.07) is 9.74. The molecule has 138 valence electrons. The number of aromatic nitrogens is 6. The highest BCUT2D eigenvalue weighted by Crippen LogP contribution is 2.29. The number of hydrogen-bond acceptors (Lipinski definition) is 7. The van der Waals surface area contributed by atoms with Gasteiger partial charge in [0.1, 0.15) is 4.83 Å². The molecule has 0 saturated heterocycles. The number of fused-ring (bicyclic) bond motifs is 1. The first-order valence-electron chi connectivity index (χ1n) is 8.56. The van der Waals surface area contributed by atoms with Crippen LogP contribution in [0, 0.1) is 13.8 Å². The van der Waals surface area contributed by atoms with Crippen molar-refractivity contribution in [2.45, 2.75) is 38.2 Å². The molecule has 0 aliphatic rings. The molecule has 0 radical (unpaired) electrons. The molecule has 0 aliphatic carbocycles. The fraction of sp³-hybridized carbons (Fsp3) is 0.278.